The summed E-state index contributed by atoms with van der Waals surface area (Å²) in [5.41, 5.74) is 5.28. The zero-order valence-corrected chi connectivity index (χ0v) is 20.0. The Balaban J connectivity index is 0.000000228. The molecular weight excluding hydrogens is 433 g/mol. The number of alkyl halides is 1. The normalized spacial score (nSPS) is 19.2. The largest absolute Gasteiger partial charge is 0.480 e. The maximum atomic E-state index is 9.50. The Labute approximate surface area is 200 Å². The third kappa shape index (κ3) is 5.28. The van der Waals surface area contributed by atoms with Crippen LogP contribution in [0.4, 0.5) is 10.2 Å². The molecule has 1 aromatic carbocycles. The molecule has 180 valence electrons. The summed E-state index contributed by atoms with van der Waals surface area (Å²) in [6.45, 7) is 0.492. The molecule has 0 amide bonds. The minimum Gasteiger partial charge on any atom is -0.480 e. The van der Waals surface area contributed by atoms with E-state index in [-0.39, 0.29) is 0 Å². The molecule has 8 heteroatoms. The molecule has 0 aliphatic carbocycles. The van der Waals surface area contributed by atoms with E-state index >= 15 is 0 Å². The molecule has 2 atom stereocenters. The molecule has 1 unspecified atom stereocenters. The first-order valence-corrected chi connectivity index (χ1v) is 11.7. The van der Waals surface area contributed by atoms with Crippen LogP contribution in [-0.2, 0) is 6.61 Å². The third-order valence-electron chi connectivity index (χ3n) is 6.49. The molecule has 2 aromatic heterocycles. The quantitative estimate of drug-likeness (QED) is 0.562. The van der Waals surface area contributed by atoms with Crippen molar-refractivity contribution in [2.45, 2.75) is 50.8 Å². The fraction of sp³-hybridized carbons (Fsp3) is 0.423. The van der Waals surface area contributed by atoms with Crippen molar-refractivity contribution in [1.29, 1.82) is 0 Å². The maximum Gasteiger partial charge on any atom is 0.233 e. The van der Waals surface area contributed by atoms with Crippen LogP contribution < -0.4 is 20.1 Å². The number of aromatic nitrogens is 3. The molecule has 2 N–H and O–H groups in total. The Morgan fingerprint density at radius 2 is 1.76 bits per heavy atom. The van der Waals surface area contributed by atoms with Crippen LogP contribution in [0.1, 0.15) is 37.7 Å². The maximum absolute atomic E-state index is 9.50. The van der Waals surface area contributed by atoms with Crippen molar-refractivity contribution >= 4 is 5.82 Å². The van der Waals surface area contributed by atoms with Crippen LogP contribution in [0.3, 0.4) is 0 Å². The van der Waals surface area contributed by atoms with Crippen LogP contribution >= 0.6 is 0 Å². The molecule has 6 rings (SSSR count). The van der Waals surface area contributed by atoms with Gasteiger partial charge >= 0.3 is 0 Å². The van der Waals surface area contributed by atoms with Gasteiger partial charge in [0.1, 0.15) is 12.4 Å². The van der Waals surface area contributed by atoms with Gasteiger partial charge in [-0.25, -0.2) is 0 Å². The number of ether oxygens (including phenoxy) is 2. The van der Waals surface area contributed by atoms with Crippen LogP contribution in [0.5, 0.6) is 11.8 Å². The molecular formula is C26H32FN5O2. The predicted molar refractivity (Wildman–Crippen MR) is 132 cm³/mol. The number of benzene rings is 1. The number of halogens is 1. The number of anilines is 1. The molecule has 3 aromatic rings. The van der Waals surface area contributed by atoms with Crippen LogP contribution in [0.25, 0.3) is 22.3 Å². The first-order valence-electron chi connectivity index (χ1n) is 11.7. The van der Waals surface area contributed by atoms with Crippen molar-refractivity contribution < 1.29 is 13.9 Å². The fourth-order valence-electron chi connectivity index (χ4n) is 4.77. The number of nitrogens with one attached hydrogen (secondary N) is 2. The Kier molecular flexibility index (Phi) is 7.90. The van der Waals surface area contributed by atoms with Crippen LogP contribution in [0.2, 0.25) is 0 Å². The lowest BCUT2D eigenvalue weighted by Crippen LogP contribution is -2.33. The molecule has 3 aliphatic heterocycles. The molecule has 7 nitrogen and oxygen atoms in total. The van der Waals surface area contributed by atoms with Gasteiger partial charge in [-0.3, -0.25) is 4.39 Å². The summed E-state index contributed by atoms with van der Waals surface area (Å²) in [6, 6.07) is 13.9. The highest BCUT2D eigenvalue weighted by molar-refractivity contribution is 5.78. The summed E-state index contributed by atoms with van der Waals surface area (Å²) in [7, 11) is 3.92. The second kappa shape index (κ2) is 11.2. The van der Waals surface area contributed by atoms with Crippen molar-refractivity contribution in [3.05, 3.63) is 48.2 Å². The molecule has 34 heavy (non-hydrogen) atoms. The van der Waals surface area contributed by atoms with Gasteiger partial charge in [-0.15, -0.1) is 5.10 Å². The van der Waals surface area contributed by atoms with Gasteiger partial charge in [0.2, 0.25) is 11.8 Å². The number of methoxy groups -OCH3 is 1. The van der Waals surface area contributed by atoms with Gasteiger partial charge in [0.05, 0.1) is 20.5 Å². The van der Waals surface area contributed by atoms with Crippen molar-refractivity contribution in [2.75, 3.05) is 26.7 Å². The Morgan fingerprint density at radius 3 is 2.47 bits per heavy atom. The van der Waals surface area contributed by atoms with Gasteiger partial charge in [0, 0.05) is 36.3 Å². The number of rotatable bonds is 3. The van der Waals surface area contributed by atoms with Gasteiger partial charge in [0.15, 0.2) is 0 Å². The van der Waals surface area contributed by atoms with Crippen LogP contribution in [0, 0.1) is 0 Å². The molecule has 2 fully saturated rings. The molecule has 2 saturated heterocycles. The fourth-order valence-corrected chi connectivity index (χ4v) is 4.77. The lowest BCUT2D eigenvalue weighted by molar-refractivity contribution is 0.290. The van der Waals surface area contributed by atoms with Gasteiger partial charge < -0.3 is 20.1 Å². The summed E-state index contributed by atoms with van der Waals surface area (Å²) in [6.07, 6.45) is 8.98. The van der Waals surface area contributed by atoms with Crippen LogP contribution in [0.15, 0.2) is 42.6 Å². The lowest BCUT2D eigenvalue weighted by Gasteiger charge is -2.21. The van der Waals surface area contributed by atoms with Crippen molar-refractivity contribution in [1.82, 2.24) is 20.5 Å². The van der Waals surface area contributed by atoms with Crippen molar-refractivity contribution in [3.8, 4) is 34.0 Å². The van der Waals surface area contributed by atoms with E-state index in [1.165, 1.54) is 32.1 Å². The predicted octanol–water partition coefficient (Wildman–Crippen LogP) is 5.02. The molecule has 5 heterocycles. The standard InChI is InChI=1S/C18H16N4O2.C7H13N.CH3F/c1-19-16-6-5-15-14-4-3-11(7-13(14)10-24-18(15)21-16)12-8-17(23-2)22-20-9-12;1-2-6-4-5-7(3-1)8-6;1-2/h3-9H,10H2,1-2H3,(H,19,21);6-8H,1-5H2;1H3/t;6-,7?;/m.1./s1. The summed E-state index contributed by atoms with van der Waals surface area (Å²) in [5, 5.41) is 14.5. The zero-order valence-electron chi connectivity index (χ0n) is 20.0. The summed E-state index contributed by atoms with van der Waals surface area (Å²) in [5.74, 6) is 1.95. The SMILES string of the molecule is C1CC2CC[C@@H](C1)N2.CF.CNc1ccc2c(n1)OCc1cc(-c3cnnc(OC)c3)ccc1-2. The van der Waals surface area contributed by atoms with E-state index < -0.39 is 0 Å². The van der Waals surface area contributed by atoms with E-state index in [9.17, 15) is 4.39 Å². The van der Waals surface area contributed by atoms with E-state index in [2.05, 4.69) is 44.0 Å². The smallest absolute Gasteiger partial charge is 0.233 e. The van der Waals surface area contributed by atoms with Gasteiger partial charge in [0.25, 0.3) is 0 Å². The lowest BCUT2D eigenvalue weighted by atomic mass is 9.95. The van der Waals surface area contributed by atoms with E-state index in [1.54, 1.807) is 13.3 Å². The van der Waals surface area contributed by atoms with E-state index in [1.807, 2.05) is 25.2 Å². The van der Waals surface area contributed by atoms with Gasteiger partial charge in [-0.1, -0.05) is 18.6 Å². The molecule has 3 aliphatic rings. The highest BCUT2D eigenvalue weighted by Crippen LogP contribution is 2.38. The second-order valence-corrected chi connectivity index (χ2v) is 8.52. The highest BCUT2D eigenvalue weighted by atomic mass is 19.1. The Bertz CT molecular complexity index is 1100. The second-order valence-electron chi connectivity index (χ2n) is 8.52. The van der Waals surface area contributed by atoms with Crippen molar-refractivity contribution in [2.24, 2.45) is 0 Å². The minimum absolute atomic E-state index is 0.492. The average Bonchev–Trinajstić information content (AvgIpc) is 3.25. The Hall–Kier alpha value is -3.26. The zero-order chi connectivity index (χ0) is 23.9. The third-order valence-corrected chi connectivity index (χ3v) is 6.49. The molecule has 2 bridgehead atoms. The average molecular weight is 466 g/mol. The van der Waals surface area contributed by atoms with Crippen LogP contribution in [-0.4, -0.2) is 48.6 Å². The number of pyridine rings is 1. The monoisotopic (exact) mass is 465 g/mol. The van der Waals surface area contributed by atoms with Crippen molar-refractivity contribution in [3.63, 3.8) is 0 Å². The van der Waals surface area contributed by atoms with E-state index in [0.717, 1.165) is 45.7 Å². The first kappa shape index (κ1) is 23.9. The van der Waals surface area contributed by atoms with E-state index in [0.29, 0.717) is 25.5 Å². The molecule has 0 radical (unpaired) electrons. The minimum atomic E-state index is 0.492. The number of fused-ring (bicyclic) bond motifs is 5. The molecule has 0 spiro atoms. The molecule has 0 saturated carbocycles. The van der Waals surface area contributed by atoms with E-state index in [4.69, 9.17) is 9.47 Å². The number of piperidine rings is 1. The summed E-state index contributed by atoms with van der Waals surface area (Å²) >= 11 is 0. The highest BCUT2D eigenvalue weighted by Gasteiger charge is 2.26. The summed E-state index contributed by atoms with van der Waals surface area (Å²) < 4.78 is 20.5. The summed E-state index contributed by atoms with van der Waals surface area (Å²) in [4.78, 5) is 4.47. The van der Waals surface area contributed by atoms with Gasteiger partial charge in [-0.05, 0) is 60.6 Å². The number of hydrogen-bond donors (Lipinski definition) is 2. The topological polar surface area (TPSA) is 81.2 Å². The van der Waals surface area contributed by atoms with Gasteiger partial charge in [-0.2, -0.15) is 10.1 Å². The number of nitrogens with zero attached hydrogens (tertiary/aromatic N) is 3. The number of hydrogen-bond acceptors (Lipinski definition) is 7. The first-order chi connectivity index (χ1) is 16.7. The Morgan fingerprint density at radius 1 is 1.00 bits per heavy atom.